The molecule has 0 radical (unpaired) electrons. The van der Waals surface area contributed by atoms with Crippen molar-refractivity contribution in [3.63, 3.8) is 0 Å². The molecule has 0 aliphatic carbocycles. The van der Waals surface area contributed by atoms with Crippen LogP contribution in [0.1, 0.15) is 36.9 Å². The number of hydrogen-bond acceptors (Lipinski definition) is 6. The lowest BCUT2D eigenvalue weighted by Gasteiger charge is -2.44. The summed E-state index contributed by atoms with van der Waals surface area (Å²) in [5, 5.41) is 3.61. The van der Waals surface area contributed by atoms with Gasteiger partial charge in [-0.3, -0.25) is 9.69 Å². The van der Waals surface area contributed by atoms with Crippen LogP contribution in [0.4, 0.5) is 8.78 Å². The Morgan fingerprint density at radius 2 is 2.20 bits per heavy atom. The fourth-order valence-electron chi connectivity index (χ4n) is 5.20. The molecule has 0 saturated carbocycles. The highest BCUT2D eigenvalue weighted by Gasteiger charge is 2.35. The van der Waals surface area contributed by atoms with E-state index in [2.05, 4.69) is 15.2 Å². The SMILES string of the molecule is COc1cc(CN(Cc2cn3c4c(c(F)c(F)cc4c2=O)OCC3C)[C@]2([SiH3])CCCNC2)ccn1. The van der Waals surface area contributed by atoms with Crippen LogP contribution >= 0.6 is 0 Å². The molecule has 35 heavy (non-hydrogen) atoms. The molecule has 0 spiro atoms. The molecule has 2 aromatic heterocycles. The van der Waals surface area contributed by atoms with Crippen LogP contribution in [0.2, 0.25) is 0 Å². The number of nitrogens with one attached hydrogen (secondary N) is 1. The molecule has 1 unspecified atom stereocenters. The molecule has 5 rings (SSSR count). The highest BCUT2D eigenvalue weighted by atomic mass is 28.1. The summed E-state index contributed by atoms with van der Waals surface area (Å²) < 4.78 is 41.5. The zero-order chi connectivity index (χ0) is 24.7. The molecule has 1 saturated heterocycles. The maximum Gasteiger partial charge on any atom is 0.213 e. The van der Waals surface area contributed by atoms with E-state index in [4.69, 9.17) is 9.47 Å². The van der Waals surface area contributed by atoms with Crippen molar-refractivity contribution >= 4 is 21.1 Å². The number of ether oxygens (including phenoxy) is 2. The lowest BCUT2D eigenvalue weighted by atomic mass is 10.0. The second-order valence-corrected chi connectivity index (χ2v) is 11.6. The Kier molecular flexibility index (Phi) is 6.37. The summed E-state index contributed by atoms with van der Waals surface area (Å²) in [5.41, 5.74) is 1.63. The Labute approximate surface area is 205 Å². The van der Waals surface area contributed by atoms with Crippen molar-refractivity contribution in [1.29, 1.82) is 0 Å². The summed E-state index contributed by atoms with van der Waals surface area (Å²) in [5.74, 6) is -1.76. The number of rotatable bonds is 6. The Balaban J connectivity index is 1.60. The van der Waals surface area contributed by atoms with Gasteiger partial charge >= 0.3 is 0 Å². The van der Waals surface area contributed by atoms with Gasteiger partial charge in [0.1, 0.15) is 6.61 Å². The monoisotopic (exact) mass is 500 g/mol. The van der Waals surface area contributed by atoms with E-state index in [1.807, 2.05) is 23.6 Å². The number of nitrogens with zero attached hydrogens (tertiary/aromatic N) is 3. The fourth-order valence-corrected chi connectivity index (χ4v) is 6.12. The number of piperidine rings is 1. The first-order chi connectivity index (χ1) is 16.8. The van der Waals surface area contributed by atoms with Crippen LogP contribution in [0.25, 0.3) is 10.9 Å². The van der Waals surface area contributed by atoms with Crippen LogP contribution in [-0.4, -0.2) is 56.7 Å². The first-order valence-electron chi connectivity index (χ1n) is 11.9. The van der Waals surface area contributed by atoms with E-state index in [1.165, 1.54) is 0 Å². The van der Waals surface area contributed by atoms with Crippen LogP contribution in [-0.2, 0) is 13.1 Å². The number of methoxy groups -OCH3 is 1. The summed E-state index contributed by atoms with van der Waals surface area (Å²) in [4.78, 5) is 20.2. The Morgan fingerprint density at radius 1 is 1.37 bits per heavy atom. The lowest BCUT2D eigenvalue weighted by Crippen LogP contribution is -2.58. The number of aromatic nitrogens is 2. The molecule has 4 heterocycles. The molecule has 1 aromatic carbocycles. The van der Waals surface area contributed by atoms with E-state index in [0.717, 1.165) is 47.8 Å². The molecule has 2 atom stereocenters. The van der Waals surface area contributed by atoms with E-state index in [-0.39, 0.29) is 34.4 Å². The maximum atomic E-state index is 14.5. The van der Waals surface area contributed by atoms with Gasteiger partial charge in [0.25, 0.3) is 0 Å². The second-order valence-electron chi connectivity index (χ2n) is 9.79. The number of halogens is 2. The summed E-state index contributed by atoms with van der Waals surface area (Å²) in [6.07, 6.45) is 5.62. The van der Waals surface area contributed by atoms with Gasteiger partial charge in [-0.15, -0.1) is 0 Å². The van der Waals surface area contributed by atoms with Gasteiger partial charge in [-0.1, -0.05) is 0 Å². The quantitative estimate of drug-likeness (QED) is 0.523. The van der Waals surface area contributed by atoms with E-state index in [0.29, 0.717) is 30.0 Å². The smallest absolute Gasteiger partial charge is 0.213 e. The van der Waals surface area contributed by atoms with E-state index in [9.17, 15) is 13.6 Å². The molecule has 3 aromatic rings. The molecular formula is C25H30F2N4O3Si. The largest absolute Gasteiger partial charge is 0.486 e. The van der Waals surface area contributed by atoms with E-state index in [1.54, 1.807) is 19.5 Å². The number of benzene rings is 1. The van der Waals surface area contributed by atoms with Crippen LogP contribution in [0.15, 0.2) is 35.4 Å². The van der Waals surface area contributed by atoms with Gasteiger partial charge in [-0.05, 0) is 44.0 Å². The Bertz CT molecular complexity index is 1330. The molecular weight excluding hydrogens is 470 g/mol. The average Bonchev–Trinajstić information content (AvgIpc) is 2.86. The van der Waals surface area contributed by atoms with Crippen molar-refractivity contribution in [2.75, 3.05) is 26.8 Å². The minimum atomic E-state index is -1.07. The van der Waals surface area contributed by atoms with Crippen LogP contribution < -0.4 is 20.2 Å². The topological polar surface area (TPSA) is 68.6 Å². The third kappa shape index (κ3) is 4.34. The molecule has 2 aliphatic rings. The van der Waals surface area contributed by atoms with Gasteiger partial charge in [-0.25, -0.2) is 9.37 Å². The van der Waals surface area contributed by atoms with Crippen molar-refractivity contribution in [3.8, 4) is 11.6 Å². The van der Waals surface area contributed by atoms with Crippen LogP contribution in [0.3, 0.4) is 0 Å². The van der Waals surface area contributed by atoms with Crippen LogP contribution in [0, 0.1) is 11.6 Å². The van der Waals surface area contributed by atoms with Gasteiger partial charge in [0, 0.05) is 59.1 Å². The molecule has 10 heteroatoms. The Hall–Kier alpha value is -2.82. The minimum absolute atomic E-state index is 0.0635. The van der Waals surface area contributed by atoms with Crippen molar-refractivity contribution in [2.24, 2.45) is 0 Å². The zero-order valence-corrected chi connectivity index (χ0v) is 22.2. The zero-order valence-electron chi connectivity index (χ0n) is 20.2. The normalized spacial score (nSPS) is 21.9. The second kappa shape index (κ2) is 9.33. The Morgan fingerprint density at radius 3 is 2.94 bits per heavy atom. The molecule has 186 valence electrons. The van der Waals surface area contributed by atoms with Gasteiger partial charge < -0.3 is 19.4 Å². The number of hydrogen-bond donors (Lipinski definition) is 1. The van der Waals surface area contributed by atoms with E-state index >= 15 is 0 Å². The molecule has 0 amide bonds. The van der Waals surface area contributed by atoms with Crippen molar-refractivity contribution in [1.82, 2.24) is 19.8 Å². The molecule has 1 N–H and O–H groups in total. The number of pyridine rings is 2. The van der Waals surface area contributed by atoms with Gasteiger partial charge in [0.15, 0.2) is 17.0 Å². The molecule has 7 nitrogen and oxygen atoms in total. The highest BCUT2D eigenvalue weighted by molar-refractivity contribution is 6.15. The maximum absolute atomic E-state index is 14.5. The molecule has 1 fully saturated rings. The molecule has 2 aliphatic heterocycles. The average molecular weight is 501 g/mol. The van der Waals surface area contributed by atoms with E-state index < -0.39 is 11.6 Å². The first kappa shape index (κ1) is 23.9. The standard InChI is InChI=1S/C25H30F2N4O3Si/c1-15-13-34-24-21(27)19(26)9-18-22(24)31(15)12-17(23(18)32)11-30(25(35)5-3-6-28-14-25)10-16-4-7-29-20(8-16)33-2/h4,7-9,12,15,28H,3,5-6,10-11,13-14H2,1-2,35H3/t15?,25-/m0/s1. The minimum Gasteiger partial charge on any atom is -0.486 e. The lowest BCUT2D eigenvalue weighted by molar-refractivity contribution is 0.113. The summed E-state index contributed by atoms with van der Waals surface area (Å²) >= 11 is 0. The highest BCUT2D eigenvalue weighted by Crippen LogP contribution is 2.36. The van der Waals surface area contributed by atoms with Crippen molar-refractivity contribution in [3.05, 3.63) is 63.6 Å². The third-order valence-corrected chi connectivity index (χ3v) is 8.75. The fraction of sp³-hybridized carbons (Fsp3) is 0.440. The van der Waals surface area contributed by atoms with Crippen molar-refractivity contribution < 1.29 is 18.3 Å². The van der Waals surface area contributed by atoms with Crippen molar-refractivity contribution in [2.45, 2.75) is 44.1 Å². The van der Waals surface area contributed by atoms with Crippen LogP contribution in [0.5, 0.6) is 11.6 Å². The predicted molar refractivity (Wildman–Crippen MR) is 133 cm³/mol. The van der Waals surface area contributed by atoms with Gasteiger partial charge in [-0.2, -0.15) is 4.39 Å². The summed E-state index contributed by atoms with van der Waals surface area (Å²) in [7, 11) is 2.48. The van der Waals surface area contributed by atoms with Gasteiger partial charge in [0.2, 0.25) is 11.7 Å². The molecule has 0 bridgehead atoms. The summed E-state index contributed by atoms with van der Waals surface area (Å²) in [6, 6.07) is 4.76. The summed E-state index contributed by atoms with van der Waals surface area (Å²) in [6.45, 7) is 4.99. The third-order valence-electron chi connectivity index (χ3n) is 7.26. The predicted octanol–water partition coefficient (Wildman–Crippen LogP) is 2.08. The first-order valence-corrected chi connectivity index (χ1v) is 12.9. The van der Waals surface area contributed by atoms with Gasteiger partial charge in [0.05, 0.1) is 24.1 Å².